The first kappa shape index (κ1) is 29.2. The van der Waals surface area contributed by atoms with Gasteiger partial charge >= 0.3 is 0 Å². The van der Waals surface area contributed by atoms with Crippen LogP contribution >= 0.6 is 22.9 Å². The number of aryl methyl sites for hydroxylation is 1. The maximum atomic E-state index is 14.1. The molecule has 0 saturated heterocycles. The molecule has 0 unspecified atom stereocenters. The van der Waals surface area contributed by atoms with Crippen molar-refractivity contribution in [2.45, 2.75) is 18.5 Å². The lowest BCUT2D eigenvalue weighted by Gasteiger charge is -2.12. The van der Waals surface area contributed by atoms with E-state index in [1.54, 1.807) is 37.3 Å². The van der Waals surface area contributed by atoms with Crippen LogP contribution in [0.3, 0.4) is 0 Å². The molecular formula is C29H23ClF2N4O4S2. The number of phenols is 1. The van der Waals surface area contributed by atoms with E-state index in [-0.39, 0.29) is 27.5 Å². The van der Waals surface area contributed by atoms with Gasteiger partial charge in [-0.05, 0) is 60.5 Å². The van der Waals surface area contributed by atoms with Crippen LogP contribution in [0.5, 0.6) is 11.5 Å². The predicted molar refractivity (Wildman–Crippen MR) is 160 cm³/mol. The highest BCUT2D eigenvalue weighted by molar-refractivity contribution is 7.92. The lowest BCUT2D eigenvalue weighted by molar-refractivity contribution is 0.371. The summed E-state index contributed by atoms with van der Waals surface area (Å²) >= 11 is 6.97. The van der Waals surface area contributed by atoms with Gasteiger partial charge in [0, 0.05) is 17.7 Å². The number of aromatic nitrogens is 2. The lowest BCUT2D eigenvalue weighted by Crippen LogP contribution is -2.16. The second-order valence-corrected chi connectivity index (χ2v) is 12.1. The largest absolute Gasteiger partial charge is 0.504 e. The van der Waals surface area contributed by atoms with Crippen molar-refractivity contribution in [3.63, 3.8) is 0 Å². The van der Waals surface area contributed by atoms with Crippen LogP contribution in [0.1, 0.15) is 11.1 Å². The second kappa shape index (κ2) is 11.9. The minimum absolute atomic E-state index is 0.00149. The van der Waals surface area contributed by atoms with Crippen molar-refractivity contribution in [1.29, 1.82) is 0 Å². The molecule has 2 aromatic heterocycles. The molecule has 0 atom stereocenters. The number of hydrogen-bond donors (Lipinski definition) is 3. The summed E-state index contributed by atoms with van der Waals surface area (Å²) in [4.78, 5) is 9.07. The number of para-hydroxylation sites is 1. The molecule has 13 heteroatoms. The van der Waals surface area contributed by atoms with Crippen LogP contribution in [-0.4, -0.2) is 30.6 Å². The number of nitrogens with zero attached hydrogens (tertiary/aromatic N) is 2. The third-order valence-corrected chi connectivity index (χ3v) is 9.04. The van der Waals surface area contributed by atoms with Gasteiger partial charge in [0.05, 0.1) is 34.6 Å². The van der Waals surface area contributed by atoms with Crippen LogP contribution in [0.15, 0.2) is 78.0 Å². The number of pyridine rings is 1. The Morgan fingerprint density at radius 3 is 2.55 bits per heavy atom. The van der Waals surface area contributed by atoms with E-state index < -0.39 is 21.7 Å². The van der Waals surface area contributed by atoms with E-state index in [0.29, 0.717) is 44.3 Å². The molecule has 0 amide bonds. The molecule has 3 N–H and O–H groups in total. The zero-order valence-corrected chi connectivity index (χ0v) is 24.5. The van der Waals surface area contributed by atoms with Gasteiger partial charge in [0.15, 0.2) is 21.7 Å². The Labute approximate surface area is 249 Å². The van der Waals surface area contributed by atoms with Crippen molar-refractivity contribution < 1.29 is 27.0 Å². The first-order valence-electron chi connectivity index (χ1n) is 12.4. The van der Waals surface area contributed by atoms with E-state index in [1.807, 2.05) is 0 Å². The summed E-state index contributed by atoms with van der Waals surface area (Å²) in [5, 5.41) is 13.1. The number of anilines is 2. The number of benzene rings is 3. The SMILES string of the molecule is COc1cccc(CNc2cnc(S(=O)(=O)Nc3nc(-c4ccc(F)c(Cl)c4)c(-c4cccc(F)c4)s3)c(C)c2)c1O. The van der Waals surface area contributed by atoms with E-state index in [1.165, 1.54) is 49.7 Å². The average molecular weight is 629 g/mol. The van der Waals surface area contributed by atoms with Crippen molar-refractivity contribution in [3.05, 3.63) is 101 Å². The minimum Gasteiger partial charge on any atom is -0.504 e. The van der Waals surface area contributed by atoms with Gasteiger partial charge in [-0.15, -0.1) is 0 Å². The molecule has 0 radical (unpaired) electrons. The van der Waals surface area contributed by atoms with E-state index in [9.17, 15) is 22.3 Å². The number of halogens is 3. The zero-order chi connectivity index (χ0) is 30.0. The zero-order valence-electron chi connectivity index (χ0n) is 22.2. The fourth-order valence-electron chi connectivity index (χ4n) is 4.20. The van der Waals surface area contributed by atoms with Gasteiger partial charge in [0.1, 0.15) is 11.6 Å². The predicted octanol–water partition coefficient (Wildman–Crippen LogP) is 7.24. The highest BCUT2D eigenvalue weighted by Gasteiger charge is 2.24. The Kier molecular flexibility index (Phi) is 8.30. The number of thiazole rings is 1. The molecular weight excluding hydrogens is 606 g/mol. The molecule has 0 fully saturated rings. The van der Waals surface area contributed by atoms with Crippen molar-refractivity contribution in [3.8, 4) is 33.2 Å². The number of ether oxygens (including phenoxy) is 1. The fourth-order valence-corrected chi connectivity index (χ4v) is 6.76. The van der Waals surface area contributed by atoms with Gasteiger partial charge in [0.2, 0.25) is 0 Å². The molecule has 0 spiro atoms. The molecule has 2 heterocycles. The van der Waals surface area contributed by atoms with Crippen molar-refractivity contribution >= 4 is 43.8 Å². The van der Waals surface area contributed by atoms with Crippen molar-refractivity contribution in [2.75, 3.05) is 17.1 Å². The standard InChI is InChI=1S/C29H23ClF2N4O4S2/c1-16-11-21(33-14-19-6-4-8-24(40-2)26(19)37)15-34-28(16)42(38,39)36-29-35-25(17-9-10-23(32)22(30)13-17)27(41-29)18-5-3-7-20(31)12-18/h3-13,15,33,37H,14H2,1-2H3,(H,35,36). The highest BCUT2D eigenvalue weighted by atomic mass is 35.5. The lowest BCUT2D eigenvalue weighted by atomic mass is 10.1. The monoisotopic (exact) mass is 628 g/mol. The van der Waals surface area contributed by atoms with Gasteiger partial charge in [0.25, 0.3) is 10.0 Å². The van der Waals surface area contributed by atoms with Gasteiger partial charge in [-0.3, -0.25) is 4.72 Å². The molecule has 216 valence electrons. The molecule has 5 rings (SSSR count). The molecule has 42 heavy (non-hydrogen) atoms. The van der Waals surface area contributed by atoms with Crippen LogP contribution in [0.2, 0.25) is 5.02 Å². The van der Waals surface area contributed by atoms with Crippen molar-refractivity contribution in [1.82, 2.24) is 9.97 Å². The number of hydrogen-bond acceptors (Lipinski definition) is 8. The summed E-state index contributed by atoms with van der Waals surface area (Å²) in [5.74, 6) is -0.765. The maximum absolute atomic E-state index is 14.1. The van der Waals surface area contributed by atoms with Crippen LogP contribution in [-0.2, 0) is 16.6 Å². The fraction of sp³-hybridized carbons (Fsp3) is 0.103. The van der Waals surface area contributed by atoms with E-state index >= 15 is 0 Å². The van der Waals surface area contributed by atoms with E-state index in [4.69, 9.17) is 16.3 Å². The van der Waals surface area contributed by atoms with Crippen LogP contribution < -0.4 is 14.8 Å². The molecule has 5 aromatic rings. The summed E-state index contributed by atoms with van der Waals surface area (Å²) in [6, 6.07) is 16.5. The second-order valence-electron chi connectivity index (χ2n) is 9.11. The minimum atomic E-state index is -4.19. The third kappa shape index (κ3) is 6.15. The van der Waals surface area contributed by atoms with E-state index in [2.05, 4.69) is 20.0 Å². The molecule has 0 saturated carbocycles. The Hall–Kier alpha value is -4.26. The van der Waals surface area contributed by atoms with Crippen LogP contribution in [0.4, 0.5) is 19.6 Å². The van der Waals surface area contributed by atoms with Crippen LogP contribution in [0.25, 0.3) is 21.7 Å². The number of aromatic hydroxyl groups is 1. The Balaban J connectivity index is 1.42. The quantitative estimate of drug-likeness (QED) is 0.158. The molecule has 0 bridgehead atoms. The van der Waals surface area contributed by atoms with Gasteiger partial charge in [-0.1, -0.05) is 47.2 Å². The smallest absolute Gasteiger partial charge is 0.281 e. The first-order chi connectivity index (χ1) is 20.1. The topological polar surface area (TPSA) is 113 Å². The average Bonchev–Trinajstić information content (AvgIpc) is 3.37. The first-order valence-corrected chi connectivity index (χ1v) is 15.0. The van der Waals surface area contributed by atoms with Gasteiger partial charge in [-0.25, -0.2) is 18.7 Å². The summed E-state index contributed by atoms with van der Waals surface area (Å²) in [5.41, 5.74) is 2.66. The maximum Gasteiger partial charge on any atom is 0.281 e. The highest BCUT2D eigenvalue weighted by Crippen LogP contribution is 2.41. The normalized spacial score (nSPS) is 11.4. The molecule has 0 aliphatic heterocycles. The van der Waals surface area contributed by atoms with Crippen molar-refractivity contribution in [2.24, 2.45) is 0 Å². The Morgan fingerprint density at radius 1 is 1.05 bits per heavy atom. The summed E-state index contributed by atoms with van der Waals surface area (Å²) < 4.78 is 62.2. The third-order valence-electron chi connectivity index (χ3n) is 6.20. The molecule has 3 aromatic carbocycles. The number of nitrogens with one attached hydrogen (secondary N) is 2. The number of rotatable bonds is 9. The summed E-state index contributed by atoms with van der Waals surface area (Å²) in [6.07, 6.45) is 1.37. The molecule has 0 aliphatic rings. The van der Waals surface area contributed by atoms with Crippen LogP contribution in [0, 0.1) is 18.6 Å². The molecule has 0 aliphatic carbocycles. The summed E-state index contributed by atoms with van der Waals surface area (Å²) in [6.45, 7) is 1.84. The Morgan fingerprint density at radius 2 is 1.83 bits per heavy atom. The molecule has 8 nitrogen and oxygen atoms in total. The van der Waals surface area contributed by atoms with E-state index in [0.717, 1.165) is 11.3 Å². The number of methoxy groups -OCH3 is 1. The summed E-state index contributed by atoms with van der Waals surface area (Å²) in [7, 11) is -2.73. The van der Waals surface area contributed by atoms with Gasteiger partial charge < -0.3 is 15.2 Å². The number of phenolic OH excluding ortho intramolecular Hbond substituents is 1. The Bertz CT molecular complexity index is 1900. The number of sulfonamides is 1. The van der Waals surface area contributed by atoms with Gasteiger partial charge in [-0.2, -0.15) is 8.42 Å².